The van der Waals surface area contributed by atoms with E-state index in [1.54, 1.807) is 19.2 Å². The predicted molar refractivity (Wildman–Crippen MR) is 89.7 cm³/mol. The van der Waals surface area contributed by atoms with Crippen molar-refractivity contribution in [1.29, 1.82) is 0 Å². The molecule has 0 aliphatic rings. The van der Waals surface area contributed by atoms with E-state index in [9.17, 15) is 9.59 Å². The van der Waals surface area contributed by atoms with Crippen molar-refractivity contribution < 1.29 is 14.3 Å². The Morgan fingerprint density at radius 3 is 2.39 bits per heavy atom. The number of para-hydroxylation sites is 1. The molecule has 2 aromatic carbocycles. The summed E-state index contributed by atoms with van der Waals surface area (Å²) in [7, 11) is 1.63. The maximum atomic E-state index is 11.9. The van der Waals surface area contributed by atoms with E-state index < -0.39 is 0 Å². The lowest BCUT2D eigenvalue weighted by molar-refractivity contribution is -0.121. The molecule has 120 valence electrons. The van der Waals surface area contributed by atoms with Crippen molar-refractivity contribution in [3.8, 4) is 5.75 Å². The summed E-state index contributed by atoms with van der Waals surface area (Å²) in [5, 5.41) is 2.84. The summed E-state index contributed by atoms with van der Waals surface area (Å²) in [4.78, 5) is 23.8. The molecule has 0 fully saturated rings. The van der Waals surface area contributed by atoms with Crippen LogP contribution < -0.4 is 10.1 Å². The topological polar surface area (TPSA) is 55.4 Å². The first-order valence-electron chi connectivity index (χ1n) is 7.67. The number of methoxy groups -OCH3 is 1. The van der Waals surface area contributed by atoms with Gasteiger partial charge < -0.3 is 10.1 Å². The summed E-state index contributed by atoms with van der Waals surface area (Å²) in [5.41, 5.74) is 1.70. The number of ketones is 1. The Morgan fingerprint density at radius 1 is 0.957 bits per heavy atom. The smallest absolute Gasteiger partial charge is 0.220 e. The van der Waals surface area contributed by atoms with E-state index in [2.05, 4.69) is 5.32 Å². The van der Waals surface area contributed by atoms with Gasteiger partial charge >= 0.3 is 0 Å². The molecule has 23 heavy (non-hydrogen) atoms. The fourth-order valence-corrected chi connectivity index (χ4v) is 2.33. The Labute approximate surface area is 136 Å². The molecule has 0 saturated carbocycles. The van der Waals surface area contributed by atoms with Gasteiger partial charge in [-0.3, -0.25) is 9.59 Å². The number of ether oxygens (including phenoxy) is 1. The SMILES string of the molecule is COc1ccccc1CCNC(=O)CCC(=O)c1ccccc1. The summed E-state index contributed by atoms with van der Waals surface area (Å²) < 4.78 is 5.27. The van der Waals surface area contributed by atoms with Gasteiger partial charge in [0.05, 0.1) is 7.11 Å². The van der Waals surface area contributed by atoms with Crippen molar-refractivity contribution in [1.82, 2.24) is 5.32 Å². The first-order valence-corrected chi connectivity index (χ1v) is 7.67. The lowest BCUT2D eigenvalue weighted by Gasteiger charge is -2.09. The minimum atomic E-state index is -0.107. The Kier molecular flexibility index (Phi) is 6.36. The van der Waals surface area contributed by atoms with Crippen molar-refractivity contribution in [2.45, 2.75) is 19.3 Å². The molecule has 0 atom stereocenters. The van der Waals surface area contributed by atoms with Crippen molar-refractivity contribution in [2.75, 3.05) is 13.7 Å². The van der Waals surface area contributed by atoms with Crippen LogP contribution in [0.3, 0.4) is 0 Å². The molecule has 4 nitrogen and oxygen atoms in total. The highest BCUT2D eigenvalue weighted by molar-refractivity contribution is 5.97. The Hall–Kier alpha value is -2.62. The highest BCUT2D eigenvalue weighted by Crippen LogP contribution is 2.17. The minimum absolute atomic E-state index is 0.00882. The van der Waals surface area contributed by atoms with Crippen LogP contribution in [-0.4, -0.2) is 25.3 Å². The van der Waals surface area contributed by atoms with Gasteiger partial charge in [-0.25, -0.2) is 0 Å². The van der Waals surface area contributed by atoms with E-state index >= 15 is 0 Å². The van der Waals surface area contributed by atoms with E-state index in [1.165, 1.54) is 0 Å². The normalized spacial score (nSPS) is 10.1. The first kappa shape index (κ1) is 16.7. The largest absolute Gasteiger partial charge is 0.496 e. The third-order valence-corrected chi connectivity index (χ3v) is 3.58. The summed E-state index contributed by atoms with van der Waals surface area (Å²) in [6.45, 7) is 0.527. The molecule has 0 aliphatic heterocycles. The number of hydrogen-bond acceptors (Lipinski definition) is 3. The molecule has 1 N–H and O–H groups in total. The third kappa shape index (κ3) is 5.25. The van der Waals surface area contributed by atoms with E-state index in [4.69, 9.17) is 4.74 Å². The maximum absolute atomic E-state index is 11.9. The molecule has 1 amide bonds. The molecule has 0 saturated heterocycles. The Bertz CT molecular complexity index is 653. The zero-order valence-electron chi connectivity index (χ0n) is 13.2. The fraction of sp³-hybridized carbons (Fsp3) is 0.263. The molecule has 0 aromatic heterocycles. The molecule has 0 heterocycles. The summed E-state index contributed by atoms with van der Waals surface area (Å²) >= 11 is 0. The van der Waals surface area contributed by atoms with Crippen molar-refractivity contribution in [3.63, 3.8) is 0 Å². The van der Waals surface area contributed by atoms with Crippen LogP contribution in [0, 0.1) is 0 Å². The van der Waals surface area contributed by atoms with Crippen LogP contribution in [0.1, 0.15) is 28.8 Å². The average Bonchev–Trinajstić information content (AvgIpc) is 2.61. The number of benzene rings is 2. The van der Waals surface area contributed by atoms with Gasteiger partial charge in [-0.15, -0.1) is 0 Å². The van der Waals surface area contributed by atoms with Gasteiger partial charge in [-0.2, -0.15) is 0 Å². The minimum Gasteiger partial charge on any atom is -0.496 e. The summed E-state index contributed by atoms with van der Waals surface area (Å²) in [6, 6.07) is 16.8. The van der Waals surface area contributed by atoms with Crippen LogP contribution >= 0.6 is 0 Å². The van der Waals surface area contributed by atoms with Gasteiger partial charge in [-0.05, 0) is 18.1 Å². The standard InChI is InChI=1S/C19H21NO3/c1-23-18-10-6-5-9-16(18)13-14-20-19(22)12-11-17(21)15-7-3-2-4-8-15/h2-10H,11-14H2,1H3,(H,20,22). The van der Waals surface area contributed by atoms with Crippen molar-refractivity contribution in [3.05, 3.63) is 65.7 Å². The van der Waals surface area contributed by atoms with Gasteiger partial charge in [0.25, 0.3) is 0 Å². The number of hydrogen-bond donors (Lipinski definition) is 1. The van der Waals surface area contributed by atoms with Gasteiger partial charge in [0.15, 0.2) is 5.78 Å². The molecule has 0 spiro atoms. The van der Waals surface area contributed by atoms with E-state index in [1.807, 2.05) is 42.5 Å². The number of Topliss-reactive ketones (excluding diaryl/α,β-unsaturated/α-hetero) is 1. The van der Waals surface area contributed by atoms with Crippen LogP contribution in [0.15, 0.2) is 54.6 Å². The Morgan fingerprint density at radius 2 is 1.65 bits per heavy atom. The lowest BCUT2D eigenvalue weighted by Crippen LogP contribution is -2.26. The van der Waals surface area contributed by atoms with Gasteiger partial charge in [0.1, 0.15) is 5.75 Å². The second kappa shape index (κ2) is 8.73. The Balaban J connectivity index is 1.72. The molecule has 0 bridgehead atoms. The number of nitrogens with one attached hydrogen (secondary N) is 1. The molecule has 2 aromatic rings. The molecule has 0 aliphatic carbocycles. The third-order valence-electron chi connectivity index (χ3n) is 3.58. The second-order valence-corrected chi connectivity index (χ2v) is 5.20. The van der Waals surface area contributed by atoms with E-state index in [0.717, 1.165) is 11.3 Å². The van der Waals surface area contributed by atoms with Gasteiger partial charge in [0, 0.05) is 24.9 Å². The summed E-state index contributed by atoms with van der Waals surface area (Å²) in [5.74, 6) is 0.704. The highest BCUT2D eigenvalue weighted by atomic mass is 16.5. The molecule has 2 rings (SSSR count). The van der Waals surface area contributed by atoms with Crippen molar-refractivity contribution in [2.24, 2.45) is 0 Å². The second-order valence-electron chi connectivity index (χ2n) is 5.20. The van der Waals surface area contributed by atoms with Crippen LogP contribution in [0.2, 0.25) is 0 Å². The predicted octanol–water partition coefficient (Wildman–Crippen LogP) is 3.02. The number of carbonyl (C=O) groups is 2. The number of rotatable bonds is 8. The van der Waals surface area contributed by atoms with Crippen LogP contribution in [0.5, 0.6) is 5.75 Å². The molecular weight excluding hydrogens is 290 g/mol. The molecule has 0 unspecified atom stereocenters. The first-order chi connectivity index (χ1) is 11.2. The zero-order valence-corrected chi connectivity index (χ0v) is 13.2. The number of amides is 1. The van der Waals surface area contributed by atoms with Crippen molar-refractivity contribution >= 4 is 11.7 Å². The van der Waals surface area contributed by atoms with Crippen LogP contribution in [-0.2, 0) is 11.2 Å². The quantitative estimate of drug-likeness (QED) is 0.762. The zero-order chi connectivity index (χ0) is 16.5. The van der Waals surface area contributed by atoms with Gasteiger partial charge in [0.2, 0.25) is 5.91 Å². The number of carbonyl (C=O) groups excluding carboxylic acids is 2. The van der Waals surface area contributed by atoms with Crippen LogP contribution in [0.4, 0.5) is 0 Å². The van der Waals surface area contributed by atoms with Gasteiger partial charge in [-0.1, -0.05) is 48.5 Å². The maximum Gasteiger partial charge on any atom is 0.220 e. The fourth-order valence-electron chi connectivity index (χ4n) is 2.33. The lowest BCUT2D eigenvalue weighted by atomic mass is 10.1. The van der Waals surface area contributed by atoms with E-state index in [-0.39, 0.29) is 24.5 Å². The monoisotopic (exact) mass is 311 g/mol. The average molecular weight is 311 g/mol. The van der Waals surface area contributed by atoms with E-state index in [0.29, 0.717) is 18.5 Å². The molecular formula is C19H21NO3. The highest BCUT2D eigenvalue weighted by Gasteiger charge is 2.09. The molecule has 4 heteroatoms. The molecule has 0 radical (unpaired) electrons. The van der Waals surface area contributed by atoms with Crippen LogP contribution in [0.25, 0.3) is 0 Å². The summed E-state index contributed by atoms with van der Waals surface area (Å²) in [6.07, 6.45) is 1.13.